The first-order chi connectivity index (χ1) is 16.4. The molecule has 34 heavy (non-hydrogen) atoms. The minimum Gasteiger partial charge on any atom is -0.357 e. The lowest BCUT2D eigenvalue weighted by Gasteiger charge is -2.29. The molecule has 4 rings (SSSR count). The molecule has 1 aliphatic heterocycles. The standard InChI is InChI=1S/C27H25ClFN3O2/c28-21-9-12-23(13-10-21)31-27(34)24-17-22(29)11-8-20(24)16-25(33)18-4-6-19(7-5-18)26(30)32-14-2-1-3-15-32/h4-13,17,30H,1-3,14-16H2,(H,31,34). The predicted octanol–water partition coefficient (Wildman–Crippen LogP) is 5.97. The molecule has 0 radical (unpaired) electrons. The number of amidine groups is 1. The summed E-state index contributed by atoms with van der Waals surface area (Å²) in [5.41, 5.74) is 2.30. The van der Waals surface area contributed by atoms with E-state index in [1.54, 1.807) is 48.5 Å². The van der Waals surface area contributed by atoms with Crippen LogP contribution in [0.15, 0.2) is 66.7 Å². The molecule has 0 saturated carbocycles. The van der Waals surface area contributed by atoms with Gasteiger partial charge in [0.15, 0.2) is 5.78 Å². The van der Waals surface area contributed by atoms with Crippen molar-refractivity contribution in [2.75, 3.05) is 18.4 Å². The number of nitrogens with one attached hydrogen (secondary N) is 2. The summed E-state index contributed by atoms with van der Waals surface area (Å²) in [7, 11) is 0. The summed E-state index contributed by atoms with van der Waals surface area (Å²) in [6.07, 6.45) is 3.32. The molecule has 7 heteroatoms. The number of carbonyl (C=O) groups excluding carboxylic acids is 2. The van der Waals surface area contributed by atoms with Crippen LogP contribution in [0.4, 0.5) is 10.1 Å². The van der Waals surface area contributed by atoms with Gasteiger partial charge in [0.2, 0.25) is 0 Å². The molecule has 3 aromatic rings. The third-order valence-electron chi connectivity index (χ3n) is 5.92. The normalized spacial score (nSPS) is 13.4. The molecule has 1 saturated heterocycles. The van der Waals surface area contributed by atoms with Crippen molar-refractivity contribution >= 4 is 34.8 Å². The second kappa shape index (κ2) is 10.6. The van der Waals surface area contributed by atoms with Crippen LogP contribution in [0.2, 0.25) is 5.02 Å². The maximum atomic E-state index is 13.9. The molecule has 0 spiro atoms. The number of rotatable bonds is 6. The van der Waals surface area contributed by atoms with Crippen molar-refractivity contribution in [2.24, 2.45) is 0 Å². The Morgan fingerprint density at radius 1 is 0.912 bits per heavy atom. The molecule has 1 amide bonds. The number of halogens is 2. The van der Waals surface area contributed by atoms with Gasteiger partial charge in [-0.2, -0.15) is 0 Å². The maximum absolute atomic E-state index is 13.9. The van der Waals surface area contributed by atoms with E-state index >= 15 is 0 Å². The number of Topliss-reactive ketones (excluding diaryl/α,β-unsaturated/α-hetero) is 1. The first-order valence-electron chi connectivity index (χ1n) is 11.2. The van der Waals surface area contributed by atoms with Gasteiger partial charge in [0.1, 0.15) is 11.7 Å². The van der Waals surface area contributed by atoms with Gasteiger partial charge in [-0.25, -0.2) is 4.39 Å². The summed E-state index contributed by atoms with van der Waals surface area (Å²) < 4.78 is 13.9. The number of amides is 1. The Morgan fingerprint density at radius 3 is 2.24 bits per heavy atom. The third-order valence-corrected chi connectivity index (χ3v) is 6.17. The van der Waals surface area contributed by atoms with Crippen LogP contribution >= 0.6 is 11.6 Å². The zero-order valence-electron chi connectivity index (χ0n) is 18.6. The van der Waals surface area contributed by atoms with Crippen molar-refractivity contribution in [3.8, 4) is 0 Å². The number of anilines is 1. The fraction of sp³-hybridized carbons (Fsp3) is 0.222. The SMILES string of the molecule is N=C(c1ccc(C(=O)Cc2ccc(F)cc2C(=O)Nc2ccc(Cl)cc2)cc1)N1CCCCC1. The van der Waals surface area contributed by atoms with Crippen LogP contribution in [-0.4, -0.2) is 35.5 Å². The van der Waals surface area contributed by atoms with E-state index < -0.39 is 11.7 Å². The van der Waals surface area contributed by atoms with Gasteiger partial charge in [-0.15, -0.1) is 0 Å². The number of piperidine rings is 1. The van der Waals surface area contributed by atoms with Crippen LogP contribution in [0.3, 0.4) is 0 Å². The van der Waals surface area contributed by atoms with Crippen molar-refractivity contribution in [2.45, 2.75) is 25.7 Å². The van der Waals surface area contributed by atoms with E-state index in [-0.39, 0.29) is 17.8 Å². The zero-order chi connectivity index (χ0) is 24.1. The van der Waals surface area contributed by atoms with E-state index in [2.05, 4.69) is 10.2 Å². The third kappa shape index (κ3) is 5.69. The summed E-state index contributed by atoms with van der Waals surface area (Å²) in [6, 6.07) is 17.4. The molecule has 5 nitrogen and oxygen atoms in total. The molecule has 1 fully saturated rings. The van der Waals surface area contributed by atoms with Crippen LogP contribution in [0, 0.1) is 11.2 Å². The molecule has 1 aliphatic rings. The van der Waals surface area contributed by atoms with Gasteiger partial charge in [0.05, 0.1) is 0 Å². The average molecular weight is 478 g/mol. The largest absolute Gasteiger partial charge is 0.357 e. The molecular weight excluding hydrogens is 453 g/mol. The first kappa shape index (κ1) is 23.6. The molecule has 0 atom stereocenters. The number of hydrogen-bond donors (Lipinski definition) is 2. The zero-order valence-corrected chi connectivity index (χ0v) is 19.4. The van der Waals surface area contributed by atoms with E-state index in [0.717, 1.165) is 37.6 Å². The van der Waals surface area contributed by atoms with Crippen molar-refractivity contribution in [1.29, 1.82) is 5.41 Å². The Morgan fingerprint density at radius 2 is 1.56 bits per heavy atom. The van der Waals surface area contributed by atoms with Gasteiger partial charge < -0.3 is 10.2 Å². The minimum absolute atomic E-state index is 0.0490. The van der Waals surface area contributed by atoms with Crippen LogP contribution < -0.4 is 5.32 Å². The Hall–Kier alpha value is -3.51. The second-order valence-electron chi connectivity index (χ2n) is 8.34. The van der Waals surface area contributed by atoms with Gasteiger partial charge in [0, 0.05) is 46.9 Å². The van der Waals surface area contributed by atoms with Crippen LogP contribution in [0.1, 0.15) is 51.1 Å². The number of benzene rings is 3. The number of hydrogen-bond acceptors (Lipinski definition) is 3. The van der Waals surface area contributed by atoms with Gasteiger partial charge in [-0.1, -0.05) is 41.9 Å². The molecule has 0 unspecified atom stereocenters. The molecule has 1 heterocycles. The predicted molar refractivity (Wildman–Crippen MR) is 133 cm³/mol. The van der Waals surface area contributed by atoms with E-state index in [9.17, 15) is 14.0 Å². The van der Waals surface area contributed by atoms with Gasteiger partial charge in [-0.05, 0) is 61.2 Å². The van der Waals surface area contributed by atoms with Crippen molar-refractivity contribution in [1.82, 2.24) is 4.90 Å². The Labute approximate surface area is 203 Å². The highest BCUT2D eigenvalue weighted by atomic mass is 35.5. The lowest BCUT2D eigenvalue weighted by molar-refractivity contribution is 0.0992. The van der Waals surface area contributed by atoms with Crippen molar-refractivity contribution < 1.29 is 14.0 Å². The fourth-order valence-electron chi connectivity index (χ4n) is 4.03. The number of ketones is 1. The number of likely N-dealkylation sites (tertiary alicyclic amines) is 1. The summed E-state index contributed by atoms with van der Waals surface area (Å²) in [5.74, 6) is -0.783. The summed E-state index contributed by atoms with van der Waals surface area (Å²) >= 11 is 5.88. The first-order valence-corrected chi connectivity index (χ1v) is 11.6. The van der Waals surface area contributed by atoms with Gasteiger partial charge >= 0.3 is 0 Å². The number of nitrogens with zero attached hydrogens (tertiary/aromatic N) is 1. The van der Waals surface area contributed by atoms with E-state index in [1.807, 2.05) is 0 Å². The lowest BCUT2D eigenvalue weighted by Crippen LogP contribution is -2.35. The van der Waals surface area contributed by atoms with Gasteiger partial charge in [-0.3, -0.25) is 15.0 Å². The highest BCUT2D eigenvalue weighted by Crippen LogP contribution is 2.20. The highest BCUT2D eigenvalue weighted by Gasteiger charge is 2.18. The summed E-state index contributed by atoms with van der Waals surface area (Å²) in [6.45, 7) is 1.76. The molecule has 2 N–H and O–H groups in total. The molecular formula is C27H25ClFN3O2. The lowest BCUT2D eigenvalue weighted by atomic mass is 9.97. The Kier molecular flexibility index (Phi) is 7.38. The Bertz CT molecular complexity index is 1200. The van der Waals surface area contributed by atoms with E-state index in [1.165, 1.54) is 18.6 Å². The smallest absolute Gasteiger partial charge is 0.256 e. The summed E-state index contributed by atoms with van der Waals surface area (Å²) in [4.78, 5) is 27.8. The minimum atomic E-state index is -0.557. The molecule has 3 aromatic carbocycles. The topological polar surface area (TPSA) is 73.3 Å². The maximum Gasteiger partial charge on any atom is 0.256 e. The molecule has 0 aliphatic carbocycles. The fourth-order valence-corrected chi connectivity index (χ4v) is 4.16. The van der Waals surface area contributed by atoms with Crippen LogP contribution in [0.5, 0.6) is 0 Å². The number of carbonyl (C=O) groups is 2. The van der Waals surface area contributed by atoms with Crippen molar-refractivity contribution in [3.63, 3.8) is 0 Å². The molecule has 174 valence electrons. The monoisotopic (exact) mass is 477 g/mol. The molecule has 0 aromatic heterocycles. The van der Waals surface area contributed by atoms with E-state index in [4.69, 9.17) is 17.0 Å². The highest BCUT2D eigenvalue weighted by molar-refractivity contribution is 6.30. The van der Waals surface area contributed by atoms with Crippen molar-refractivity contribution in [3.05, 3.63) is 99.8 Å². The Balaban J connectivity index is 1.47. The van der Waals surface area contributed by atoms with E-state index in [0.29, 0.717) is 27.7 Å². The van der Waals surface area contributed by atoms with Crippen LogP contribution in [0.25, 0.3) is 0 Å². The summed E-state index contributed by atoms with van der Waals surface area (Å²) in [5, 5.41) is 11.7. The molecule has 0 bridgehead atoms. The van der Waals surface area contributed by atoms with Gasteiger partial charge in [0.25, 0.3) is 5.91 Å². The average Bonchev–Trinajstić information content (AvgIpc) is 2.86. The second-order valence-corrected chi connectivity index (χ2v) is 8.77. The quantitative estimate of drug-likeness (QED) is 0.261. The van der Waals surface area contributed by atoms with Crippen LogP contribution in [-0.2, 0) is 6.42 Å².